The zero-order chi connectivity index (χ0) is 24.7. The second-order valence-electron chi connectivity index (χ2n) is 9.44. The zero-order valence-electron chi connectivity index (χ0n) is 19.3. The molecule has 1 spiro atoms. The summed E-state index contributed by atoms with van der Waals surface area (Å²) in [6.45, 7) is -0.285. The van der Waals surface area contributed by atoms with Crippen molar-refractivity contribution >= 4 is 46.8 Å². The normalized spacial score (nSPS) is 29.7. The van der Waals surface area contributed by atoms with Crippen molar-refractivity contribution in [1.82, 2.24) is 10.2 Å². The van der Waals surface area contributed by atoms with Gasteiger partial charge in [-0.2, -0.15) is 0 Å². The number of aliphatic hydroxyl groups is 1. The van der Waals surface area contributed by atoms with Gasteiger partial charge < -0.3 is 20.6 Å². The minimum absolute atomic E-state index is 0.00131. The SMILES string of the molecule is CNC(=O)[C@@H]1[C@H]2C(=O)N([C@@H](CO)Cc3ccccc3)C(C(=O)Nc3ccc(Cl)cc3)C23CC[C@H]1S3. The molecular formula is C26H28ClN3O4S. The number of aliphatic hydroxyl groups excluding tert-OH is 1. The van der Waals surface area contributed by atoms with E-state index in [9.17, 15) is 19.5 Å². The van der Waals surface area contributed by atoms with Crippen LogP contribution in [0.4, 0.5) is 5.69 Å². The lowest BCUT2D eigenvalue weighted by Gasteiger charge is -2.37. The van der Waals surface area contributed by atoms with E-state index in [-0.39, 0.29) is 29.6 Å². The second kappa shape index (κ2) is 9.48. The Kier molecular flexibility index (Phi) is 6.55. The Morgan fingerprint density at radius 2 is 1.89 bits per heavy atom. The highest BCUT2D eigenvalue weighted by molar-refractivity contribution is 8.02. The van der Waals surface area contributed by atoms with E-state index in [1.165, 1.54) is 0 Å². The maximum absolute atomic E-state index is 14.0. The number of carbonyl (C=O) groups is 3. The average Bonchev–Trinajstić information content (AvgIpc) is 3.51. The van der Waals surface area contributed by atoms with E-state index in [0.717, 1.165) is 12.0 Å². The molecule has 0 aromatic heterocycles. The van der Waals surface area contributed by atoms with Crippen LogP contribution in [0.15, 0.2) is 54.6 Å². The van der Waals surface area contributed by atoms with Crippen molar-refractivity contribution in [2.45, 2.75) is 41.3 Å². The molecule has 2 aromatic carbocycles. The lowest BCUT2D eigenvalue weighted by atomic mass is 9.70. The summed E-state index contributed by atoms with van der Waals surface area (Å²) in [7, 11) is 1.58. The summed E-state index contributed by atoms with van der Waals surface area (Å²) in [6.07, 6.45) is 1.86. The number of nitrogens with one attached hydrogen (secondary N) is 2. The third kappa shape index (κ3) is 4.01. The molecule has 3 saturated heterocycles. The average molecular weight is 514 g/mol. The number of likely N-dealkylation sites (tertiary alicyclic amines) is 1. The van der Waals surface area contributed by atoms with Crippen molar-refractivity contribution in [1.29, 1.82) is 0 Å². The lowest BCUT2D eigenvalue weighted by molar-refractivity contribution is -0.141. The van der Waals surface area contributed by atoms with Crippen molar-refractivity contribution in [3.63, 3.8) is 0 Å². The monoisotopic (exact) mass is 513 g/mol. The molecule has 3 amide bonds. The molecule has 0 radical (unpaired) electrons. The number of benzene rings is 2. The number of hydrogen-bond donors (Lipinski definition) is 3. The molecule has 35 heavy (non-hydrogen) atoms. The van der Waals surface area contributed by atoms with E-state index in [2.05, 4.69) is 10.6 Å². The molecule has 3 N–H and O–H groups in total. The van der Waals surface area contributed by atoms with E-state index in [0.29, 0.717) is 23.6 Å². The molecule has 3 aliphatic rings. The number of carbonyl (C=O) groups excluding carboxylic acids is 3. The maximum Gasteiger partial charge on any atom is 0.248 e. The van der Waals surface area contributed by atoms with Crippen LogP contribution in [-0.2, 0) is 20.8 Å². The summed E-state index contributed by atoms with van der Waals surface area (Å²) in [5.41, 5.74) is 1.54. The fourth-order valence-corrected chi connectivity index (χ4v) is 8.46. The predicted molar refractivity (Wildman–Crippen MR) is 136 cm³/mol. The molecule has 3 aliphatic heterocycles. The first kappa shape index (κ1) is 24.2. The fraction of sp³-hybridized carbons (Fsp3) is 0.423. The summed E-state index contributed by atoms with van der Waals surface area (Å²) in [5, 5.41) is 16.7. The van der Waals surface area contributed by atoms with Crippen molar-refractivity contribution in [3.05, 3.63) is 65.2 Å². The van der Waals surface area contributed by atoms with Gasteiger partial charge in [-0.25, -0.2) is 0 Å². The van der Waals surface area contributed by atoms with Crippen LogP contribution >= 0.6 is 23.4 Å². The van der Waals surface area contributed by atoms with Crippen LogP contribution in [0.1, 0.15) is 18.4 Å². The van der Waals surface area contributed by atoms with Gasteiger partial charge in [-0.3, -0.25) is 14.4 Å². The van der Waals surface area contributed by atoms with Crippen LogP contribution < -0.4 is 10.6 Å². The highest BCUT2D eigenvalue weighted by atomic mass is 35.5. The molecule has 2 unspecified atom stereocenters. The molecule has 3 heterocycles. The molecule has 6 atom stereocenters. The van der Waals surface area contributed by atoms with Gasteiger partial charge >= 0.3 is 0 Å². The van der Waals surface area contributed by atoms with Gasteiger partial charge in [-0.05, 0) is 49.1 Å². The van der Waals surface area contributed by atoms with Gasteiger partial charge in [0.05, 0.1) is 29.2 Å². The van der Waals surface area contributed by atoms with E-state index >= 15 is 0 Å². The van der Waals surface area contributed by atoms with E-state index in [1.54, 1.807) is 48.0 Å². The standard InChI is InChI=1S/C26H28ClN3O4S/c1-28-23(32)20-19-11-12-26(35-19)21(20)25(34)30(18(14-31)13-15-5-3-2-4-6-15)22(26)24(33)29-17-9-7-16(27)8-10-17/h2-10,18-22,31H,11-14H2,1H3,(H,28,32)(H,29,33)/t18-,19-,20+,21+,22?,26?/m1/s1. The Bertz CT molecular complexity index is 1130. The van der Waals surface area contributed by atoms with Gasteiger partial charge in [0, 0.05) is 23.0 Å². The first-order chi connectivity index (χ1) is 16.9. The third-order valence-electron chi connectivity index (χ3n) is 7.57. The Labute approximate surface area is 213 Å². The van der Waals surface area contributed by atoms with Gasteiger partial charge in [0.15, 0.2) is 0 Å². The summed E-state index contributed by atoms with van der Waals surface area (Å²) >= 11 is 7.61. The molecule has 0 aliphatic carbocycles. The minimum Gasteiger partial charge on any atom is -0.394 e. The van der Waals surface area contributed by atoms with Gasteiger partial charge in [-0.1, -0.05) is 41.9 Å². The van der Waals surface area contributed by atoms with Gasteiger partial charge in [0.25, 0.3) is 0 Å². The highest BCUT2D eigenvalue weighted by Crippen LogP contribution is 2.66. The van der Waals surface area contributed by atoms with Crippen LogP contribution in [0.25, 0.3) is 0 Å². The molecule has 2 bridgehead atoms. The number of rotatable bonds is 7. The molecule has 7 nitrogen and oxygen atoms in total. The topological polar surface area (TPSA) is 98.7 Å². The molecule has 3 fully saturated rings. The van der Waals surface area contributed by atoms with Crippen molar-refractivity contribution in [2.75, 3.05) is 19.0 Å². The highest BCUT2D eigenvalue weighted by Gasteiger charge is 2.74. The largest absolute Gasteiger partial charge is 0.394 e. The Morgan fingerprint density at radius 3 is 2.54 bits per heavy atom. The molecule has 184 valence electrons. The number of halogens is 1. The van der Waals surface area contributed by atoms with Crippen LogP contribution in [0.2, 0.25) is 5.02 Å². The summed E-state index contributed by atoms with van der Waals surface area (Å²) in [4.78, 5) is 42.3. The number of thioether (sulfide) groups is 1. The minimum atomic E-state index is -0.804. The smallest absolute Gasteiger partial charge is 0.248 e. The number of anilines is 1. The summed E-state index contributed by atoms with van der Waals surface area (Å²) in [5.74, 6) is -1.78. The lowest BCUT2D eigenvalue weighted by Crippen LogP contribution is -2.55. The Morgan fingerprint density at radius 1 is 1.17 bits per heavy atom. The van der Waals surface area contributed by atoms with E-state index in [4.69, 9.17) is 11.6 Å². The van der Waals surface area contributed by atoms with Crippen LogP contribution in [0, 0.1) is 11.8 Å². The number of nitrogens with zero attached hydrogens (tertiary/aromatic N) is 1. The Balaban J connectivity index is 1.54. The number of amides is 3. The van der Waals surface area contributed by atoms with Crippen LogP contribution in [0.3, 0.4) is 0 Å². The van der Waals surface area contributed by atoms with Crippen LogP contribution in [0.5, 0.6) is 0 Å². The first-order valence-corrected chi connectivity index (χ1v) is 13.1. The molecular weight excluding hydrogens is 486 g/mol. The maximum atomic E-state index is 14.0. The summed E-state index contributed by atoms with van der Waals surface area (Å²) in [6, 6.07) is 15.0. The zero-order valence-corrected chi connectivity index (χ0v) is 20.9. The second-order valence-corrected chi connectivity index (χ2v) is 11.5. The molecule has 2 aromatic rings. The van der Waals surface area contributed by atoms with Crippen LogP contribution in [-0.4, -0.2) is 63.5 Å². The van der Waals surface area contributed by atoms with Crippen molar-refractivity contribution < 1.29 is 19.5 Å². The molecule has 9 heteroatoms. The number of fused-ring (bicyclic) bond motifs is 1. The molecule has 5 rings (SSSR count). The quantitative estimate of drug-likeness (QED) is 0.529. The fourth-order valence-electron chi connectivity index (χ4n) is 6.13. The van der Waals surface area contributed by atoms with Gasteiger partial charge in [-0.15, -0.1) is 11.8 Å². The van der Waals surface area contributed by atoms with E-state index < -0.39 is 28.7 Å². The Hall–Kier alpha value is -2.55. The number of hydrogen-bond acceptors (Lipinski definition) is 5. The van der Waals surface area contributed by atoms with Gasteiger partial charge in [0.2, 0.25) is 17.7 Å². The third-order valence-corrected chi connectivity index (χ3v) is 9.77. The summed E-state index contributed by atoms with van der Waals surface area (Å²) < 4.78 is -0.709. The predicted octanol–water partition coefficient (Wildman–Crippen LogP) is 2.72. The van der Waals surface area contributed by atoms with Crippen molar-refractivity contribution in [3.8, 4) is 0 Å². The van der Waals surface area contributed by atoms with E-state index in [1.807, 2.05) is 30.3 Å². The van der Waals surface area contributed by atoms with Gasteiger partial charge in [0.1, 0.15) is 6.04 Å². The molecule has 0 saturated carbocycles. The van der Waals surface area contributed by atoms with Crippen molar-refractivity contribution in [2.24, 2.45) is 11.8 Å². The first-order valence-electron chi connectivity index (χ1n) is 11.8.